The molecule has 1 aliphatic rings. The van der Waals surface area contributed by atoms with Gasteiger partial charge in [0.1, 0.15) is 11.9 Å². The van der Waals surface area contributed by atoms with Gasteiger partial charge in [0.15, 0.2) is 0 Å². The van der Waals surface area contributed by atoms with E-state index < -0.39 is 0 Å². The van der Waals surface area contributed by atoms with Crippen LogP contribution in [0.1, 0.15) is 17.2 Å². The van der Waals surface area contributed by atoms with Gasteiger partial charge in [-0.25, -0.2) is 4.39 Å². The van der Waals surface area contributed by atoms with E-state index in [1.165, 1.54) is 18.2 Å². The molecule has 1 fully saturated rings. The lowest BCUT2D eigenvalue weighted by atomic mass is 10.1. The molecule has 1 saturated heterocycles. The predicted molar refractivity (Wildman–Crippen MR) is 98.4 cm³/mol. The van der Waals surface area contributed by atoms with Crippen LogP contribution in [0.25, 0.3) is 6.08 Å². The van der Waals surface area contributed by atoms with Crippen molar-refractivity contribution in [2.75, 3.05) is 26.2 Å². The van der Waals surface area contributed by atoms with Crippen molar-refractivity contribution in [3.63, 3.8) is 0 Å². The second-order valence-electron chi connectivity index (χ2n) is 6.19. The van der Waals surface area contributed by atoms with Crippen LogP contribution in [-0.4, -0.2) is 41.9 Å². The molecular formula is C21H20FN3O. The maximum Gasteiger partial charge on any atom is 0.246 e. The maximum absolute atomic E-state index is 13.2. The maximum atomic E-state index is 13.2. The first-order chi connectivity index (χ1) is 12.7. The van der Waals surface area contributed by atoms with Gasteiger partial charge in [-0.3, -0.25) is 9.69 Å². The lowest BCUT2D eigenvalue weighted by Crippen LogP contribution is -2.49. The summed E-state index contributed by atoms with van der Waals surface area (Å²) < 4.78 is 13.2. The lowest BCUT2D eigenvalue weighted by Gasteiger charge is -2.36. The van der Waals surface area contributed by atoms with Gasteiger partial charge in [0.2, 0.25) is 5.91 Å². The largest absolute Gasteiger partial charge is 0.337 e. The fourth-order valence-electron chi connectivity index (χ4n) is 3.09. The van der Waals surface area contributed by atoms with Gasteiger partial charge in [0.25, 0.3) is 0 Å². The van der Waals surface area contributed by atoms with Gasteiger partial charge in [0, 0.05) is 32.3 Å². The Morgan fingerprint density at radius 1 is 1.08 bits per heavy atom. The molecule has 4 nitrogen and oxygen atoms in total. The molecule has 0 spiro atoms. The summed E-state index contributed by atoms with van der Waals surface area (Å²) in [7, 11) is 0. The number of nitrogens with zero attached hydrogens (tertiary/aromatic N) is 3. The molecule has 1 atom stereocenters. The Morgan fingerprint density at radius 3 is 2.46 bits per heavy atom. The Bertz CT molecular complexity index is 821. The van der Waals surface area contributed by atoms with Crippen LogP contribution in [0.5, 0.6) is 0 Å². The van der Waals surface area contributed by atoms with Gasteiger partial charge in [-0.05, 0) is 29.3 Å². The van der Waals surface area contributed by atoms with E-state index in [2.05, 4.69) is 11.0 Å². The summed E-state index contributed by atoms with van der Waals surface area (Å²) in [6.45, 7) is 2.42. The minimum absolute atomic E-state index is 0.0953. The molecule has 0 aliphatic carbocycles. The molecule has 1 unspecified atom stereocenters. The number of benzene rings is 2. The molecule has 1 heterocycles. The zero-order chi connectivity index (χ0) is 18.4. The summed E-state index contributed by atoms with van der Waals surface area (Å²) in [5.41, 5.74) is 1.63. The van der Waals surface area contributed by atoms with Crippen molar-refractivity contribution in [3.8, 4) is 6.07 Å². The number of nitriles is 1. The van der Waals surface area contributed by atoms with Gasteiger partial charge < -0.3 is 4.90 Å². The highest BCUT2D eigenvalue weighted by Crippen LogP contribution is 2.21. The molecule has 3 rings (SSSR count). The van der Waals surface area contributed by atoms with E-state index in [-0.39, 0.29) is 17.8 Å². The molecule has 2 aromatic rings. The second kappa shape index (κ2) is 8.41. The Morgan fingerprint density at radius 2 is 1.81 bits per heavy atom. The van der Waals surface area contributed by atoms with Gasteiger partial charge in [-0.2, -0.15) is 5.26 Å². The minimum atomic E-state index is -0.323. The number of amides is 1. The van der Waals surface area contributed by atoms with Crippen LogP contribution >= 0.6 is 0 Å². The Labute approximate surface area is 152 Å². The summed E-state index contributed by atoms with van der Waals surface area (Å²) in [6.07, 6.45) is 3.10. The van der Waals surface area contributed by atoms with E-state index in [4.69, 9.17) is 0 Å². The van der Waals surface area contributed by atoms with E-state index in [0.717, 1.165) is 5.56 Å². The monoisotopic (exact) mass is 349 g/mol. The van der Waals surface area contributed by atoms with E-state index >= 15 is 0 Å². The summed E-state index contributed by atoms with van der Waals surface area (Å²) in [5.74, 6) is -0.418. The van der Waals surface area contributed by atoms with Crippen LogP contribution in [0, 0.1) is 17.1 Å². The molecule has 0 saturated carbocycles. The molecular weight excluding hydrogens is 329 g/mol. The molecule has 0 radical (unpaired) electrons. The average Bonchev–Trinajstić information content (AvgIpc) is 2.68. The topological polar surface area (TPSA) is 47.3 Å². The molecule has 26 heavy (non-hydrogen) atoms. The summed E-state index contributed by atoms with van der Waals surface area (Å²) in [4.78, 5) is 16.2. The smallest absolute Gasteiger partial charge is 0.246 e. The number of halogens is 1. The number of carbonyl (C=O) groups is 1. The van der Waals surface area contributed by atoms with E-state index in [0.29, 0.717) is 31.7 Å². The summed E-state index contributed by atoms with van der Waals surface area (Å²) in [5, 5.41) is 9.53. The lowest BCUT2D eigenvalue weighted by molar-refractivity contribution is -0.127. The molecule has 0 aromatic heterocycles. The third kappa shape index (κ3) is 4.35. The van der Waals surface area contributed by atoms with Crippen LogP contribution in [0.4, 0.5) is 4.39 Å². The molecule has 1 amide bonds. The molecule has 0 bridgehead atoms. The van der Waals surface area contributed by atoms with Gasteiger partial charge in [-0.1, -0.05) is 42.5 Å². The molecule has 0 N–H and O–H groups in total. The van der Waals surface area contributed by atoms with Gasteiger partial charge in [-0.15, -0.1) is 0 Å². The van der Waals surface area contributed by atoms with Crippen LogP contribution in [0.15, 0.2) is 60.7 Å². The third-order valence-electron chi connectivity index (χ3n) is 4.50. The van der Waals surface area contributed by atoms with Gasteiger partial charge >= 0.3 is 0 Å². The van der Waals surface area contributed by atoms with E-state index in [9.17, 15) is 14.4 Å². The highest BCUT2D eigenvalue weighted by molar-refractivity contribution is 5.91. The molecule has 132 valence electrons. The SMILES string of the molecule is N#CC(c1ccccc1)N1CCN(C(=O)/C=C/c2cccc(F)c2)CC1. The number of rotatable bonds is 4. The minimum Gasteiger partial charge on any atom is -0.337 e. The first kappa shape index (κ1) is 17.8. The predicted octanol–water partition coefficient (Wildman–Crippen LogP) is 3.25. The van der Waals surface area contributed by atoms with Crippen molar-refractivity contribution < 1.29 is 9.18 Å². The van der Waals surface area contributed by atoms with E-state index in [1.807, 2.05) is 30.3 Å². The van der Waals surface area contributed by atoms with Crippen molar-refractivity contribution in [1.82, 2.24) is 9.80 Å². The van der Waals surface area contributed by atoms with Crippen molar-refractivity contribution in [1.29, 1.82) is 5.26 Å². The van der Waals surface area contributed by atoms with Crippen molar-refractivity contribution in [2.45, 2.75) is 6.04 Å². The summed E-state index contributed by atoms with van der Waals surface area (Å²) >= 11 is 0. The Balaban J connectivity index is 1.58. The molecule has 1 aliphatic heterocycles. The van der Waals surface area contributed by atoms with Gasteiger partial charge in [0.05, 0.1) is 6.07 Å². The Kier molecular flexibility index (Phi) is 5.77. The highest BCUT2D eigenvalue weighted by atomic mass is 19.1. The average molecular weight is 349 g/mol. The number of piperazine rings is 1. The van der Waals surface area contributed by atoms with Crippen molar-refractivity contribution >= 4 is 12.0 Å². The van der Waals surface area contributed by atoms with Crippen molar-refractivity contribution in [2.24, 2.45) is 0 Å². The number of hydrogen-bond donors (Lipinski definition) is 0. The van der Waals surface area contributed by atoms with E-state index in [1.54, 1.807) is 23.1 Å². The Hall–Kier alpha value is -2.97. The zero-order valence-electron chi connectivity index (χ0n) is 14.4. The van der Waals surface area contributed by atoms with Crippen LogP contribution in [0.3, 0.4) is 0 Å². The van der Waals surface area contributed by atoms with Crippen LogP contribution in [-0.2, 0) is 4.79 Å². The van der Waals surface area contributed by atoms with Crippen molar-refractivity contribution in [3.05, 3.63) is 77.6 Å². The zero-order valence-corrected chi connectivity index (χ0v) is 14.4. The second-order valence-corrected chi connectivity index (χ2v) is 6.19. The van der Waals surface area contributed by atoms with Crippen LogP contribution in [0.2, 0.25) is 0 Å². The fourth-order valence-corrected chi connectivity index (χ4v) is 3.09. The number of hydrogen-bond acceptors (Lipinski definition) is 3. The molecule has 5 heteroatoms. The third-order valence-corrected chi connectivity index (χ3v) is 4.50. The molecule has 2 aromatic carbocycles. The standard InChI is InChI=1S/C21H20FN3O/c22-19-8-4-5-17(15-19)9-10-21(26)25-13-11-24(12-14-25)20(16-23)18-6-2-1-3-7-18/h1-10,15,20H,11-14H2/b10-9+. The first-order valence-corrected chi connectivity index (χ1v) is 8.58. The van der Waals surface area contributed by atoms with Crippen LogP contribution < -0.4 is 0 Å². The highest BCUT2D eigenvalue weighted by Gasteiger charge is 2.26. The first-order valence-electron chi connectivity index (χ1n) is 8.58. The fraction of sp³-hybridized carbons (Fsp3) is 0.238. The summed E-state index contributed by atoms with van der Waals surface area (Å²) in [6, 6.07) is 17.9. The number of carbonyl (C=O) groups excluding carboxylic acids is 1. The quantitative estimate of drug-likeness (QED) is 0.796. The normalized spacial score (nSPS) is 16.4.